The summed E-state index contributed by atoms with van der Waals surface area (Å²) in [5.74, 6) is 0. The van der Waals surface area contributed by atoms with Gasteiger partial charge in [-0.05, 0) is 0 Å². The minimum Gasteiger partial charge on any atom is -0.494 e. The number of unbranched alkanes of at least 4 members (excludes halogenated alkanes) is 1. The van der Waals surface area contributed by atoms with Gasteiger partial charge >= 0.3 is 6.09 Å². The molecule has 0 aliphatic rings. The fourth-order valence-corrected chi connectivity index (χ4v) is 0.404. The summed E-state index contributed by atoms with van der Waals surface area (Å²) in [5, 5.41) is 8.08. The Hall–Kier alpha value is -0.930. The lowest BCUT2D eigenvalue weighted by Crippen LogP contribution is -2.15. The molecule has 0 atom stereocenters. The van der Waals surface area contributed by atoms with Crippen molar-refractivity contribution in [2.24, 2.45) is 0 Å². The van der Waals surface area contributed by atoms with Crippen LogP contribution in [0.4, 0.5) is 4.79 Å². The molecule has 0 aromatic heterocycles. The fraction of sp³-hybridized carbons (Fsp3) is 0.800. The lowest BCUT2D eigenvalue weighted by molar-refractivity contribution is -0.466. The maximum Gasteiger partial charge on any atom is 0.582 e. The average Bonchev–Trinajstić information content (AvgIpc) is 1.82. The molecule has 0 aliphatic carbocycles. The second-order valence-electron chi connectivity index (χ2n) is 1.76. The van der Waals surface area contributed by atoms with Gasteiger partial charge in [-0.2, -0.15) is 4.79 Å². The molecule has 0 aromatic rings. The van der Waals surface area contributed by atoms with Crippen LogP contribution in [-0.2, 0) is 0 Å². The Labute approximate surface area is 53.6 Å². The van der Waals surface area contributed by atoms with Gasteiger partial charge in [0.2, 0.25) is 0 Å². The molecule has 0 heterocycles. The first-order chi connectivity index (χ1) is 4.18. The number of rotatable bonds is 3. The van der Waals surface area contributed by atoms with Crippen LogP contribution in [0.15, 0.2) is 0 Å². The highest BCUT2D eigenvalue weighted by Gasteiger charge is 2.04. The Kier molecular flexibility index (Phi) is 3.59. The molecule has 0 saturated carbocycles. The van der Waals surface area contributed by atoms with E-state index in [4.69, 9.17) is 10.6 Å². The summed E-state index contributed by atoms with van der Waals surface area (Å²) in [5.41, 5.74) is 8.49. The van der Waals surface area contributed by atoms with E-state index in [1.165, 1.54) is 0 Å². The molecule has 0 saturated heterocycles. The highest BCUT2D eigenvalue weighted by Crippen LogP contribution is 1.87. The van der Waals surface area contributed by atoms with Crippen molar-refractivity contribution in [3.63, 3.8) is 0 Å². The van der Waals surface area contributed by atoms with Crippen molar-refractivity contribution in [3.05, 3.63) is 5.53 Å². The molecule has 0 aliphatic heterocycles. The number of hydrogen-bond acceptors (Lipinski definition) is 1. The molecule has 4 heteroatoms. The highest BCUT2D eigenvalue weighted by molar-refractivity contribution is 5.53. The predicted molar refractivity (Wildman–Crippen MR) is 31.4 cm³/mol. The summed E-state index contributed by atoms with van der Waals surface area (Å²) < 4.78 is 0.295. The van der Waals surface area contributed by atoms with Crippen LogP contribution >= 0.6 is 0 Å². The molecule has 0 aromatic carbocycles. The molecule has 1 N–H and O–H groups in total. The molecule has 0 bridgehead atoms. The zero-order valence-electron chi connectivity index (χ0n) is 5.37. The van der Waals surface area contributed by atoms with Crippen molar-refractivity contribution >= 4 is 6.09 Å². The van der Waals surface area contributed by atoms with E-state index in [1.54, 1.807) is 0 Å². The third-order valence-electron chi connectivity index (χ3n) is 0.944. The van der Waals surface area contributed by atoms with Crippen molar-refractivity contribution in [3.8, 4) is 0 Å². The van der Waals surface area contributed by atoms with Crippen LogP contribution in [0.1, 0.15) is 19.8 Å². The lowest BCUT2D eigenvalue weighted by atomic mass is 10.3. The van der Waals surface area contributed by atoms with Gasteiger partial charge in [-0.3, -0.25) is 0 Å². The molecule has 0 fully saturated rings. The standard InChI is InChI=1S/C5H10N2O2/c1-2-3-4-7(6)5(8)9/h2-4H2,1H3,(H,8,9). The smallest absolute Gasteiger partial charge is 0.494 e. The first kappa shape index (κ1) is 8.07. The van der Waals surface area contributed by atoms with Crippen molar-refractivity contribution in [1.29, 1.82) is 0 Å². The first-order valence-corrected chi connectivity index (χ1v) is 2.87. The van der Waals surface area contributed by atoms with E-state index in [0.717, 1.165) is 6.42 Å². The molecule has 9 heavy (non-hydrogen) atoms. The summed E-state index contributed by atoms with van der Waals surface area (Å²) in [4.78, 5) is 9.88. The van der Waals surface area contributed by atoms with E-state index in [9.17, 15) is 4.79 Å². The summed E-state index contributed by atoms with van der Waals surface area (Å²) in [6.07, 6.45) is 0.288. The van der Waals surface area contributed by atoms with Crippen LogP contribution in [0, 0.1) is 0 Å². The van der Waals surface area contributed by atoms with Crippen LogP contribution < -0.4 is 0 Å². The minimum absolute atomic E-state index is 0.200. The largest absolute Gasteiger partial charge is 0.582 e. The predicted octanol–water partition coefficient (Wildman–Crippen LogP) is 1.50. The topological polar surface area (TPSA) is 62.6 Å². The Balaban J connectivity index is 3.39. The van der Waals surface area contributed by atoms with E-state index in [1.807, 2.05) is 6.92 Å². The van der Waals surface area contributed by atoms with Gasteiger partial charge in [0.15, 0.2) is 0 Å². The maximum atomic E-state index is 9.88. The number of carboxylic acid groups (broad SMARTS) is 1. The average molecular weight is 130 g/mol. The van der Waals surface area contributed by atoms with Gasteiger partial charge in [0.05, 0.1) is 0 Å². The molecule has 0 unspecified atom stereocenters. The van der Waals surface area contributed by atoms with Crippen LogP contribution in [0.5, 0.6) is 0 Å². The van der Waals surface area contributed by atoms with E-state index in [0.29, 0.717) is 11.1 Å². The Morgan fingerprint density at radius 1 is 1.78 bits per heavy atom. The van der Waals surface area contributed by atoms with Crippen LogP contribution in [0.3, 0.4) is 0 Å². The molecule has 0 spiro atoms. The van der Waals surface area contributed by atoms with E-state index in [-0.39, 0.29) is 6.54 Å². The minimum atomic E-state index is -1.29. The van der Waals surface area contributed by atoms with Gasteiger partial charge in [0.1, 0.15) is 6.54 Å². The molecular weight excluding hydrogens is 120 g/mol. The normalized spacial score (nSPS) is 9.00. The third-order valence-corrected chi connectivity index (χ3v) is 0.944. The molecule has 52 valence electrons. The van der Waals surface area contributed by atoms with E-state index in [2.05, 4.69) is 0 Å². The number of hydrogen-bond donors (Lipinski definition) is 1. The zero-order valence-corrected chi connectivity index (χ0v) is 5.37. The van der Waals surface area contributed by atoms with E-state index < -0.39 is 6.09 Å². The summed E-state index contributed by atoms with van der Waals surface area (Å²) in [6, 6.07) is 0. The van der Waals surface area contributed by atoms with Crippen molar-refractivity contribution < 1.29 is 14.6 Å². The van der Waals surface area contributed by atoms with Gasteiger partial charge < -0.3 is 10.6 Å². The van der Waals surface area contributed by atoms with Crippen LogP contribution in [0.2, 0.25) is 0 Å². The van der Waals surface area contributed by atoms with Gasteiger partial charge in [0.25, 0.3) is 0 Å². The Bertz CT molecular complexity index is 122. The van der Waals surface area contributed by atoms with Gasteiger partial charge in [-0.25, -0.2) is 4.70 Å². The summed E-state index contributed by atoms with van der Waals surface area (Å²) in [7, 11) is 0. The van der Waals surface area contributed by atoms with Crippen molar-refractivity contribution in [1.82, 2.24) is 0 Å². The number of nitrogens with zero attached hydrogens (tertiary/aromatic N) is 2. The van der Waals surface area contributed by atoms with Gasteiger partial charge in [0, 0.05) is 6.42 Å². The number of carbonyl (C=O) groups is 1. The SMILES string of the molecule is CCCC[N+](=[N-])C(=O)O. The second kappa shape index (κ2) is 4.00. The third kappa shape index (κ3) is 3.64. The summed E-state index contributed by atoms with van der Waals surface area (Å²) >= 11 is 0. The van der Waals surface area contributed by atoms with Crippen LogP contribution in [0.25, 0.3) is 5.53 Å². The molecular formula is C5H10N2O2. The van der Waals surface area contributed by atoms with Gasteiger partial charge in [-0.1, -0.05) is 13.3 Å². The quantitative estimate of drug-likeness (QED) is 0.464. The fourth-order valence-electron chi connectivity index (χ4n) is 0.404. The van der Waals surface area contributed by atoms with Crippen molar-refractivity contribution in [2.75, 3.05) is 6.54 Å². The second-order valence-corrected chi connectivity index (χ2v) is 1.76. The summed E-state index contributed by atoms with van der Waals surface area (Å²) in [6.45, 7) is 2.13. The molecule has 0 rings (SSSR count). The van der Waals surface area contributed by atoms with Crippen molar-refractivity contribution in [2.45, 2.75) is 19.8 Å². The van der Waals surface area contributed by atoms with E-state index >= 15 is 0 Å². The van der Waals surface area contributed by atoms with Gasteiger partial charge in [-0.15, -0.1) is 0 Å². The van der Waals surface area contributed by atoms with Crippen LogP contribution in [-0.4, -0.2) is 22.4 Å². The molecule has 4 nitrogen and oxygen atoms in total. The number of amides is 1. The monoisotopic (exact) mass is 130 g/mol. The molecule has 1 amide bonds. The first-order valence-electron chi connectivity index (χ1n) is 2.87. The maximum absolute atomic E-state index is 9.88. The molecule has 0 radical (unpaired) electrons. The lowest BCUT2D eigenvalue weighted by Gasteiger charge is -1.96. The zero-order chi connectivity index (χ0) is 7.28. The highest BCUT2D eigenvalue weighted by atomic mass is 16.4. The Morgan fingerprint density at radius 3 is 2.67 bits per heavy atom. The Morgan fingerprint density at radius 2 is 2.33 bits per heavy atom.